The molecule has 0 spiro atoms. The van der Waals surface area contributed by atoms with E-state index in [4.69, 9.17) is 0 Å². The standard InChI is InChI=1S/C4H4Br3F3/c5-2-1-3(6,8)4(7,9)10/h1-2H2/t3-/m1/s1. The first-order chi connectivity index (χ1) is 4.31. The molecular formula is C4H4Br3F3. The molecule has 0 aliphatic carbocycles. The summed E-state index contributed by atoms with van der Waals surface area (Å²) in [6, 6.07) is 0. The van der Waals surface area contributed by atoms with Gasteiger partial charge >= 0.3 is 4.83 Å². The molecule has 0 radical (unpaired) electrons. The van der Waals surface area contributed by atoms with Crippen LogP contribution in [0.25, 0.3) is 0 Å². The molecule has 0 fully saturated rings. The van der Waals surface area contributed by atoms with Crippen LogP contribution in [-0.2, 0) is 0 Å². The van der Waals surface area contributed by atoms with Crippen LogP contribution in [0.2, 0.25) is 0 Å². The van der Waals surface area contributed by atoms with Gasteiger partial charge in [-0.05, 0) is 31.9 Å². The summed E-state index contributed by atoms with van der Waals surface area (Å²) in [7, 11) is 0. The first kappa shape index (κ1) is 11.2. The Morgan fingerprint density at radius 1 is 1.10 bits per heavy atom. The molecule has 10 heavy (non-hydrogen) atoms. The molecule has 0 aliphatic rings. The van der Waals surface area contributed by atoms with Crippen LogP contribution in [-0.4, -0.2) is 14.7 Å². The minimum Gasteiger partial charge on any atom is -0.224 e. The van der Waals surface area contributed by atoms with Crippen molar-refractivity contribution in [3.05, 3.63) is 0 Å². The third-order valence-corrected chi connectivity index (χ3v) is 3.27. The molecule has 0 aromatic heterocycles. The van der Waals surface area contributed by atoms with Crippen molar-refractivity contribution in [3.63, 3.8) is 0 Å². The van der Waals surface area contributed by atoms with E-state index in [0.29, 0.717) is 0 Å². The zero-order valence-corrected chi connectivity index (χ0v) is 9.44. The summed E-state index contributed by atoms with van der Waals surface area (Å²) in [5.41, 5.74) is 0. The summed E-state index contributed by atoms with van der Waals surface area (Å²) in [5, 5.41) is 0.177. The quantitative estimate of drug-likeness (QED) is 0.680. The van der Waals surface area contributed by atoms with Gasteiger partial charge in [0.05, 0.1) is 0 Å². The molecule has 0 rings (SSSR count). The van der Waals surface area contributed by atoms with Crippen molar-refractivity contribution in [1.82, 2.24) is 0 Å². The Bertz CT molecular complexity index is 109. The van der Waals surface area contributed by atoms with Gasteiger partial charge in [0.25, 0.3) is 0 Å². The van der Waals surface area contributed by atoms with E-state index in [1.165, 1.54) is 0 Å². The lowest BCUT2D eigenvalue weighted by atomic mass is 10.3. The van der Waals surface area contributed by atoms with E-state index < -0.39 is 9.41 Å². The van der Waals surface area contributed by atoms with E-state index in [-0.39, 0.29) is 11.8 Å². The fourth-order valence-corrected chi connectivity index (χ4v) is 1.74. The summed E-state index contributed by atoms with van der Waals surface area (Å²) in [6.45, 7) is 0. The summed E-state index contributed by atoms with van der Waals surface area (Å²) in [4.78, 5) is -3.52. The van der Waals surface area contributed by atoms with E-state index in [9.17, 15) is 13.2 Å². The molecule has 0 N–H and O–H groups in total. The lowest BCUT2D eigenvalue weighted by molar-refractivity contribution is 0.00378. The highest BCUT2D eigenvalue weighted by Crippen LogP contribution is 2.45. The van der Waals surface area contributed by atoms with Gasteiger partial charge in [-0.25, -0.2) is 4.39 Å². The summed E-state index contributed by atoms with van der Waals surface area (Å²) in [6.07, 6.45) is -0.300. The van der Waals surface area contributed by atoms with Crippen LogP contribution in [0.1, 0.15) is 6.42 Å². The van der Waals surface area contributed by atoms with Gasteiger partial charge in [0.2, 0.25) is 4.58 Å². The number of hydrogen-bond acceptors (Lipinski definition) is 0. The molecule has 6 heteroatoms. The predicted molar refractivity (Wildman–Crippen MR) is 45.1 cm³/mol. The van der Waals surface area contributed by atoms with Crippen molar-refractivity contribution < 1.29 is 13.2 Å². The second kappa shape index (κ2) is 3.76. The van der Waals surface area contributed by atoms with Gasteiger partial charge in [0.15, 0.2) is 0 Å². The first-order valence-electron chi connectivity index (χ1n) is 2.32. The SMILES string of the molecule is FC(F)(Br)[C@@](F)(Br)CCBr. The Morgan fingerprint density at radius 2 is 1.50 bits per heavy atom. The van der Waals surface area contributed by atoms with E-state index in [2.05, 4.69) is 31.9 Å². The number of halogens is 6. The molecule has 0 bridgehead atoms. The Balaban J connectivity index is 4.10. The van der Waals surface area contributed by atoms with Crippen LogP contribution in [0.15, 0.2) is 0 Å². The number of alkyl halides is 6. The van der Waals surface area contributed by atoms with Crippen LogP contribution in [0, 0.1) is 0 Å². The van der Waals surface area contributed by atoms with Crippen molar-refractivity contribution in [1.29, 1.82) is 0 Å². The Kier molecular flexibility index (Phi) is 4.22. The molecule has 62 valence electrons. The van der Waals surface area contributed by atoms with Gasteiger partial charge in [0.1, 0.15) is 0 Å². The van der Waals surface area contributed by atoms with Crippen molar-refractivity contribution in [2.45, 2.75) is 15.8 Å². The van der Waals surface area contributed by atoms with E-state index in [0.717, 1.165) is 0 Å². The zero-order chi connectivity index (χ0) is 8.41. The van der Waals surface area contributed by atoms with Gasteiger partial charge in [-0.3, -0.25) is 0 Å². The second-order valence-electron chi connectivity index (χ2n) is 1.64. The van der Waals surface area contributed by atoms with Crippen molar-refractivity contribution in [2.24, 2.45) is 0 Å². The second-order valence-corrected chi connectivity index (χ2v) is 4.69. The highest BCUT2D eigenvalue weighted by molar-refractivity contribution is 9.12. The van der Waals surface area contributed by atoms with Gasteiger partial charge < -0.3 is 0 Å². The monoisotopic (exact) mass is 346 g/mol. The van der Waals surface area contributed by atoms with Crippen molar-refractivity contribution in [2.75, 3.05) is 5.33 Å². The molecule has 0 nitrogen and oxygen atoms in total. The largest absolute Gasteiger partial charge is 0.344 e. The zero-order valence-electron chi connectivity index (χ0n) is 4.68. The molecule has 0 heterocycles. The smallest absolute Gasteiger partial charge is 0.224 e. The van der Waals surface area contributed by atoms with Gasteiger partial charge in [-0.1, -0.05) is 15.9 Å². The number of hydrogen-bond donors (Lipinski definition) is 0. The van der Waals surface area contributed by atoms with Gasteiger partial charge in [-0.2, -0.15) is 8.78 Å². The molecule has 0 aromatic carbocycles. The lowest BCUT2D eigenvalue weighted by Gasteiger charge is -2.22. The van der Waals surface area contributed by atoms with E-state index in [1.54, 1.807) is 0 Å². The highest BCUT2D eigenvalue weighted by Gasteiger charge is 2.50. The topological polar surface area (TPSA) is 0 Å². The summed E-state index contributed by atoms with van der Waals surface area (Å²) < 4.78 is 34.3. The fraction of sp³-hybridized carbons (Fsp3) is 1.00. The molecule has 0 unspecified atom stereocenters. The third kappa shape index (κ3) is 3.09. The van der Waals surface area contributed by atoms with Crippen LogP contribution in [0.4, 0.5) is 13.2 Å². The first-order valence-corrected chi connectivity index (χ1v) is 5.02. The van der Waals surface area contributed by atoms with Crippen LogP contribution >= 0.6 is 47.8 Å². The number of rotatable bonds is 3. The molecular weight excluding hydrogens is 345 g/mol. The maximum absolute atomic E-state index is 12.7. The minimum absolute atomic E-state index is 0.177. The minimum atomic E-state index is -3.52. The van der Waals surface area contributed by atoms with Crippen molar-refractivity contribution in [3.8, 4) is 0 Å². The maximum Gasteiger partial charge on any atom is 0.344 e. The van der Waals surface area contributed by atoms with E-state index in [1.807, 2.05) is 15.9 Å². The predicted octanol–water partition coefficient (Wildman–Crippen LogP) is 3.82. The Morgan fingerprint density at radius 3 is 1.60 bits per heavy atom. The Labute approximate surface area is 81.9 Å². The van der Waals surface area contributed by atoms with Crippen molar-refractivity contribution >= 4 is 47.8 Å². The molecule has 1 atom stereocenters. The van der Waals surface area contributed by atoms with Crippen LogP contribution in [0.5, 0.6) is 0 Å². The van der Waals surface area contributed by atoms with Gasteiger partial charge in [-0.15, -0.1) is 0 Å². The molecule has 0 amide bonds. The molecule has 0 saturated carbocycles. The molecule has 0 saturated heterocycles. The van der Waals surface area contributed by atoms with E-state index >= 15 is 0 Å². The average molecular weight is 349 g/mol. The van der Waals surface area contributed by atoms with Gasteiger partial charge in [0, 0.05) is 11.8 Å². The highest BCUT2D eigenvalue weighted by atomic mass is 79.9. The molecule has 0 aromatic rings. The normalized spacial score (nSPS) is 18.6. The lowest BCUT2D eigenvalue weighted by Crippen LogP contribution is -2.33. The maximum atomic E-state index is 12.7. The molecule has 0 aliphatic heterocycles. The summed E-state index contributed by atoms with van der Waals surface area (Å²) >= 11 is 7.05. The fourth-order valence-electron chi connectivity index (χ4n) is 0.260. The third-order valence-electron chi connectivity index (χ3n) is 0.823. The van der Waals surface area contributed by atoms with Crippen LogP contribution < -0.4 is 0 Å². The Hall–Kier alpha value is 1.23. The average Bonchev–Trinajstić information content (AvgIpc) is 1.61. The van der Waals surface area contributed by atoms with Crippen LogP contribution in [0.3, 0.4) is 0 Å². The summed E-state index contributed by atoms with van der Waals surface area (Å²) in [5.74, 6) is 0.